The van der Waals surface area contributed by atoms with Crippen molar-refractivity contribution in [2.24, 2.45) is 17.6 Å². The maximum atomic E-state index is 12.0. The van der Waals surface area contributed by atoms with E-state index in [1.165, 1.54) is 12.8 Å². The second-order valence-corrected chi connectivity index (χ2v) is 5.77. The predicted molar refractivity (Wildman–Crippen MR) is 78.4 cm³/mol. The molecule has 0 aliphatic heterocycles. The van der Waals surface area contributed by atoms with Gasteiger partial charge < -0.3 is 10.6 Å². The van der Waals surface area contributed by atoms with Crippen LogP contribution in [0.15, 0.2) is 0 Å². The van der Waals surface area contributed by atoms with E-state index in [1.54, 1.807) is 0 Å². The highest BCUT2D eigenvalue weighted by molar-refractivity contribution is 5.75. The smallest absolute Gasteiger partial charge is 0.222 e. The molecule has 0 radical (unpaired) electrons. The highest BCUT2D eigenvalue weighted by Gasteiger charge is 2.13. The Bertz CT molecular complexity index is 211. The molecule has 0 heterocycles. The van der Waals surface area contributed by atoms with E-state index in [4.69, 9.17) is 5.73 Å². The van der Waals surface area contributed by atoms with Crippen molar-refractivity contribution < 1.29 is 4.79 Å². The topological polar surface area (TPSA) is 46.3 Å². The van der Waals surface area contributed by atoms with Gasteiger partial charge in [0.15, 0.2) is 0 Å². The molecular weight excluding hydrogens is 224 g/mol. The van der Waals surface area contributed by atoms with Gasteiger partial charge in [-0.3, -0.25) is 4.79 Å². The van der Waals surface area contributed by atoms with Crippen LogP contribution in [-0.4, -0.2) is 30.9 Å². The molecule has 0 aromatic heterocycles. The van der Waals surface area contributed by atoms with Crippen molar-refractivity contribution in [2.45, 2.75) is 59.3 Å². The molecule has 0 rings (SSSR count). The number of carbonyl (C=O) groups is 1. The van der Waals surface area contributed by atoms with E-state index in [0.717, 1.165) is 32.4 Å². The third-order valence-corrected chi connectivity index (χ3v) is 3.51. The number of hydrogen-bond donors (Lipinski definition) is 1. The SMILES string of the molecule is CCCC(CCN)CCC(=O)N(C)CCC(C)C. The van der Waals surface area contributed by atoms with Crippen molar-refractivity contribution in [2.75, 3.05) is 20.1 Å². The second kappa shape index (κ2) is 10.4. The van der Waals surface area contributed by atoms with E-state index >= 15 is 0 Å². The highest BCUT2D eigenvalue weighted by atomic mass is 16.2. The van der Waals surface area contributed by atoms with Crippen LogP contribution in [0.2, 0.25) is 0 Å². The zero-order chi connectivity index (χ0) is 14.0. The van der Waals surface area contributed by atoms with Crippen LogP contribution in [0.1, 0.15) is 59.3 Å². The summed E-state index contributed by atoms with van der Waals surface area (Å²) in [6.07, 6.45) is 6.19. The van der Waals surface area contributed by atoms with E-state index < -0.39 is 0 Å². The van der Waals surface area contributed by atoms with Gasteiger partial charge in [-0.1, -0.05) is 33.6 Å². The number of nitrogens with two attached hydrogens (primary N) is 1. The number of hydrogen-bond acceptors (Lipinski definition) is 2. The average Bonchev–Trinajstić information content (AvgIpc) is 2.33. The Morgan fingerprint density at radius 3 is 2.33 bits per heavy atom. The largest absolute Gasteiger partial charge is 0.346 e. The number of nitrogens with zero attached hydrogens (tertiary/aromatic N) is 1. The first kappa shape index (κ1) is 17.4. The van der Waals surface area contributed by atoms with Gasteiger partial charge in [0.05, 0.1) is 0 Å². The molecule has 0 saturated heterocycles. The van der Waals surface area contributed by atoms with Gasteiger partial charge in [-0.25, -0.2) is 0 Å². The normalized spacial score (nSPS) is 12.8. The molecule has 3 heteroatoms. The van der Waals surface area contributed by atoms with Crippen LogP contribution in [0.25, 0.3) is 0 Å². The van der Waals surface area contributed by atoms with Gasteiger partial charge in [0.1, 0.15) is 0 Å². The zero-order valence-electron chi connectivity index (χ0n) is 12.7. The standard InChI is InChI=1S/C15H32N2O/c1-5-6-14(9-11-16)7-8-15(18)17(4)12-10-13(2)3/h13-14H,5-12,16H2,1-4H3. The lowest BCUT2D eigenvalue weighted by molar-refractivity contribution is -0.130. The first-order chi connectivity index (χ1) is 8.51. The van der Waals surface area contributed by atoms with Crippen molar-refractivity contribution in [3.8, 4) is 0 Å². The number of rotatable bonds is 10. The third kappa shape index (κ3) is 8.51. The summed E-state index contributed by atoms with van der Waals surface area (Å²) in [6.45, 7) is 8.20. The molecule has 0 spiro atoms. The molecule has 108 valence electrons. The Balaban J connectivity index is 3.90. The molecule has 0 aromatic carbocycles. The lowest BCUT2D eigenvalue weighted by Crippen LogP contribution is -2.28. The summed E-state index contributed by atoms with van der Waals surface area (Å²) in [6, 6.07) is 0. The zero-order valence-corrected chi connectivity index (χ0v) is 12.7. The Kier molecular flexibility index (Phi) is 10.0. The van der Waals surface area contributed by atoms with Gasteiger partial charge in [0.2, 0.25) is 5.91 Å². The Hall–Kier alpha value is -0.570. The van der Waals surface area contributed by atoms with Crippen LogP contribution in [-0.2, 0) is 4.79 Å². The predicted octanol–water partition coefficient (Wildman–Crippen LogP) is 3.04. The fourth-order valence-corrected chi connectivity index (χ4v) is 2.17. The summed E-state index contributed by atoms with van der Waals surface area (Å²) < 4.78 is 0. The van der Waals surface area contributed by atoms with Crippen LogP contribution in [0, 0.1) is 11.8 Å². The maximum Gasteiger partial charge on any atom is 0.222 e. The molecule has 1 amide bonds. The molecule has 0 saturated carbocycles. The molecule has 0 bridgehead atoms. The lowest BCUT2D eigenvalue weighted by atomic mass is 9.94. The van der Waals surface area contributed by atoms with Gasteiger partial charge in [0, 0.05) is 20.0 Å². The van der Waals surface area contributed by atoms with Crippen LogP contribution >= 0.6 is 0 Å². The minimum Gasteiger partial charge on any atom is -0.346 e. The molecule has 0 fully saturated rings. The van der Waals surface area contributed by atoms with Crippen molar-refractivity contribution >= 4 is 5.91 Å². The van der Waals surface area contributed by atoms with Crippen LogP contribution in [0.4, 0.5) is 0 Å². The summed E-state index contributed by atoms with van der Waals surface area (Å²) in [4.78, 5) is 13.8. The lowest BCUT2D eigenvalue weighted by Gasteiger charge is -2.20. The molecule has 1 atom stereocenters. The van der Waals surface area contributed by atoms with Crippen molar-refractivity contribution in [3.05, 3.63) is 0 Å². The van der Waals surface area contributed by atoms with E-state index in [2.05, 4.69) is 20.8 Å². The van der Waals surface area contributed by atoms with E-state index in [0.29, 0.717) is 18.3 Å². The second-order valence-electron chi connectivity index (χ2n) is 5.77. The van der Waals surface area contributed by atoms with Gasteiger partial charge in [-0.15, -0.1) is 0 Å². The van der Waals surface area contributed by atoms with Crippen LogP contribution in [0.3, 0.4) is 0 Å². The van der Waals surface area contributed by atoms with Gasteiger partial charge >= 0.3 is 0 Å². The van der Waals surface area contributed by atoms with Gasteiger partial charge in [-0.2, -0.15) is 0 Å². The molecule has 2 N–H and O–H groups in total. The summed E-state index contributed by atoms with van der Waals surface area (Å²) >= 11 is 0. The fraction of sp³-hybridized carbons (Fsp3) is 0.933. The van der Waals surface area contributed by atoms with Crippen LogP contribution < -0.4 is 5.73 Å². The highest BCUT2D eigenvalue weighted by Crippen LogP contribution is 2.17. The minimum absolute atomic E-state index is 0.286. The molecule has 3 nitrogen and oxygen atoms in total. The molecule has 0 aromatic rings. The van der Waals surface area contributed by atoms with Crippen molar-refractivity contribution in [1.29, 1.82) is 0 Å². The first-order valence-electron chi connectivity index (χ1n) is 7.45. The maximum absolute atomic E-state index is 12.0. The summed E-state index contributed by atoms with van der Waals surface area (Å²) in [5.74, 6) is 1.57. The van der Waals surface area contributed by atoms with Crippen LogP contribution in [0.5, 0.6) is 0 Å². The van der Waals surface area contributed by atoms with Gasteiger partial charge in [0.25, 0.3) is 0 Å². The van der Waals surface area contributed by atoms with Crippen molar-refractivity contribution in [3.63, 3.8) is 0 Å². The monoisotopic (exact) mass is 256 g/mol. The summed E-state index contributed by atoms with van der Waals surface area (Å²) in [5.41, 5.74) is 5.61. The van der Waals surface area contributed by atoms with E-state index in [1.807, 2.05) is 11.9 Å². The first-order valence-corrected chi connectivity index (χ1v) is 7.45. The quantitative estimate of drug-likeness (QED) is 0.653. The van der Waals surface area contributed by atoms with E-state index in [9.17, 15) is 4.79 Å². The molecular formula is C15H32N2O. The minimum atomic E-state index is 0.286. The Morgan fingerprint density at radius 2 is 1.83 bits per heavy atom. The Morgan fingerprint density at radius 1 is 1.17 bits per heavy atom. The molecule has 1 unspecified atom stereocenters. The fourth-order valence-electron chi connectivity index (χ4n) is 2.17. The molecule has 18 heavy (non-hydrogen) atoms. The molecule has 0 aliphatic rings. The third-order valence-electron chi connectivity index (χ3n) is 3.51. The number of amides is 1. The summed E-state index contributed by atoms with van der Waals surface area (Å²) in [7, 11) is 1.92. The molecule has 0 aliphatic carbocycles. The number of carbonyl (C=O) groups excluding carboxylic acids is 1. The van der Waals surface area contributed by atoms with Gasteiger partial charge in [-0.05, 0) is 37.6 Å². The summed E-state index contributed by atoms with van der Waals surface area (Å²) in [5, 5.41) is 0. The van der Waals surface area contributed by atoms with Crippen molar-refractivity contribution in [1.82, 2.24) is 4.90 Å². The average molecular weight is 256 g/mol. The Labute approximate surface area is 113 Å². The van der Waals surface area contributed by atoms with E-state index in [-0.39, 0.29) is 5.91 Å².